The monoisotopic (exact) mass is 232 g/mol. The number of nitrogens with zero attached hydrogens (tertiary/aromatic N) is 5. The van der Waals surface area contributed by atoms with Crippen LogP contribution in [0.15, 0.2) is 18.9 Å². The zero-order valence-corrected chi connectivity index (χ0v) is 9.87. The average molecular weight is 232 g/mol. The molecule has 0 radical (unpaired) electrons. The predicted molar refractivity (Wildman–Crippen MR) is 62.3 cm³/mol. The van der Waals surface area contributed by atoms with Gasteiger partial charge < -0.3 is 9.88 Å². The van der Waals surface area contributed by atoms with E-state index in [0.29, 0.717) is 12.6 Å². The van der Waals surface area contributed by atoms with Gasteiger partial charge in [-0.15, -0.1) is 0 Å². The van der Waals surface area contributed by atoms with E-state index in [9.17, 15) is 0 Å². The van der Waals surface area contributed by atoms with Crippen molar-refractivity contribution in [2.24, 2.45) is 7.05 Å². The fraction of sp³-hybridized carbons (Fsp3) is 0.545. The maximum atomic E-state index is 4.29. The van der Waals surface area contributed by atoms with Crippen molar-refractivity contribution in [1.82, 2.24) is 29.6 Å². The molecule has 1 unspecified atom stereocenters. The summed E-state index contributed by atoms with van der Waals surface area (Å²) in [6.45, 7) is 1.78. The Hall–Kier alpha value is -1.69. The molecule has 0 spiro atoms. The Morgan fingerprint density at radius 3 is 3.12 bits per heavy atom. The standard InChI is InChI=1S/C11H16N6/c1-16-8-14-11(15-16)6-17-7-12-5-10(17)9-3-2-4-13-9/h5,7-9,13H,2-4,6H2,1H3. The van der Waals surface area contributed by atoms with Crippen LogP contribution >= 0.6 is 0 Å². The Morgan fingerprint density at radius 2 is 2.41 bits per heavy atom. The molecule has 1 aliphatic rings. The fourth-order valence-corrected chi connectivity index (χ4v) is 2.30. The summed E-state index contributed by atoms with van der Waals surface area (Å²) in [6.07, 6.45) is 7.93. The second-order valence-corrected chi connectivity index (χ2v) is 4.43. The van der Waals surface area contributed by atoms with E-state index < -0.39 is 0 Å². The van der Waals surface area contributed by atoms with Crippen LogP contribution in [0, 0.1) is 0 Å². The quantitative estimate of drug-likeness (QED) is 0.836. The summed E-state index contributed by atoms with van der Waals surface area (Å²) >= 11 is 0. The minimum Gasteiger partial charge on any atom is -0.325 e. The van der Waals surface area contributed by atoms with E-state index in [2.05, 4.69) is 25.0 Å². The van der Waals surface area contributed by atoms with Crippen LogP contribution < -0.4 is 5.32 Å². The van der Waals surface area contributed by atoms with E-state index >= 15 is 0 Å². The Kier molecular flexibility index (Phi) is 2.64. The van der Waals surface area contributed by atoms with Gasteiger partial charge in [0.2, 0.25) is 0 Å². The van der Waals surface area contributed by atoms with Crippen molar-refractivity contribution in [2.75, 3.05) is 6.54 Å². The van der Waals surface area contributed by atoms with Gasteiger partial charge in [0.25, 0.3) is 0 Å². The van der Waals surface area contributed by atoms with Crippen molar-refractivity contribution in [3.05, 3.63) is 30.4 Å². The lowest BCUT2D eigenvalue weighted by Gasteiger charge is -2.12. The smallest absolute Gasteiger partial charge is 0.170 e. The maximum Gasteiger partial charge on any atom is 0.170 e. The number of imidazole rings is 1. The number of aromatic nitrogens is 5. The van der Waals surface area contributed by atoms with Gasteiger partial charge in [0, 0.05) is 19.3 Å². The van der Waals surface area contributed by atoms with Crippen LogP contribution in [0.1, 0.15) is 30.4 Å². The van der Waals surface area contributed by atoms with Crippen molar-refractivity contribution < 1.29 is 0 Å². The molecule has 2 aromatic heterocycles. The Morgan fingerprint density at radius 1 is 1.47 bits per heavy atom. The normalized spacial score (nSPS) is 19.9. The molecular formula is C11H16N6. The minimum absolute atomic E-state index is 0.432. The molecule has 6 heteroatoms. The Labute approximate surface area is 99.7 Å². The molecule has 0 aromatic carbocycles. The first-order valence-corrected chi connectivity index (χ1v) is 5.91. The van der Waals surface area contributed by atoms with E-state index in [4.69, 9.17) is 0 Å². The first-order valence-electron chi connectivity index (χ1n) is 5.91. The van der Waals surface area contributed by atoms with Gasteiger partial charge in [-0.2, -0.15) is 5.10 Å². The van der Waals surface area contributed by atoms with Gasteiger partial charge in [-0.3, -0.25) is 4.68 Å². The third-order valence-corrected chi connectivity index (χ3v) is 3.12. The zero-order chi connectivity index (χ0) is 11.7. The van der Waals surface area contributed by atoms with Gasteiger partial charge in [0.05, 0.1) is 18.6 Å². The van der Waals surface area contributed by atoms with Gasteiger partial charge in [-0.05, 0) is 19.4 Å². The third-order valence-electron chi connectivity index (χ3n) is 3.12. The highest BCUT2D eigenvalue weighted by Gasteiger charge is 2.20. The first kappa shape index (κ1) is 10.5. The predicted octanol–water partition coefficient (Wildman–Crippen LogP) is 0.484. The molecule has 1 saturated heterocycles. The Balaban J connectivity index is 1.81. The molecule has 1 fully saturated rings. The van der Waals surface area contributed by atoms with E-state index in [1.54, 1.807) is 11.0 Å². The molecule has 17 heavy (non-hydrogen) atoms. The highest BCUT2D eigenvalue weighted by Crippen LogP contribution is 2.22. The third kappa shape index (κ3) is 2.08. The van der Waals surface area contributed by atoms with Crippen molar-refractivity contribution in [1.29, 1.82) is 0 Å². The summed E-state index contributed by atoms with van der Waals surface area (Å²) in [4.78, 5) is 8.47. The van der Waals surface area contributed by atoms with Crippen LogP contribution in [0.25, 0.3) is 0 Å². The van der Waals surface area contributed by atoms with Crippen molar-refractivity contribution in [2.45, 2.75) is 25.4 Å². The van der Waals surface area contributed by atoms with Gasteiger partial charge in [-0.25, -0.2) is 9.97 Å². The second kappa shape index (κ2) is 4.29. The van der Waals surface area contributed by atoms with E-state index in [1.807, 2.05) is 19.6 Å². The number of nitrogens with one attached hydrogen (secondary N) is 1. The highest BCUT2D eigenvalue weighted by atomic mass is 15.3. The summed E-state index contributed by atoms with van der Waals surface area (Å²) in [7, 11) is 1.88. The SMILES string of the molecule is Cn1cnc(Cn2cncc2C2CCCN2)n1. The van der Waals surface area contributed by atoms with E-state index in [-0.39, 0.29) is 0 Å². The molecule has 0 saturated carbocycles. The summed E-state index contributed by atoms with van der Waals surface area (Å²) in [5.41, 5.74) is 1.23. The van der Waals surface area contributed by atoms with E-state index in [0.717, 1.165) is 12.4 Å². The molecule has 0 bridgehead atoms. The second-order valence-electron chi connectivity index (χ2n) is 4.43. The highest BCUT2D eigenvalue weighted by molar-refractivity contribution is 5.08. The van der Waals surface area contributed by atoms with Crippen LogP contribution in [0.4, 0.5) is 0 Å². The Bertz CT molecular complexity index is 494. The lowest BCUT2D eigenvalue weighted by molar-refractivity contribution is 0.575. The lowest BCUT2D eigenvalue weighted by Crippen LogP contribution is -2.17. The zero-order valence-electron chi connectivity index (χ0n) is 9.87. The van der Waals surface area contributed by atoms with Crippen molar-refractivity contribution in [3.63, 3.8) is 0 Å². The molecule has 1 N–H and O–H groups in total. The maximum absolute atomic E-state index is 4.29. The fourth-order valence-electron chi connectivity index (χ4n) is 2.30. The first-order chi connectivity index (χ1) is 8.33. The van der Waals surface area contributed by atoms with Crippen LogP contribution in [-0.2, 0) is 13.6 Å². The summed E-state index contributed by atoms with van der Waals surface area (Å²) in [6, 6.07) is 0.432. The van der Waals surface area contributed by atoms with Gasteiger partial charge in [-0.1, -0.05) is 0 Å². The lowest BCUT2D eigenvalue weighted by atomic mass is 10.2. The molecule has 0 aliphatic carbocycles. The molecule has 6 nitrogen and oxygen atoms in total. The van der Waals surface area contributed by atoms with Crippen LogP contribution in [0.3, 0.4) is 0 Å². The largest absolute Gasteiger partial charge is 0.325 e. The number of aryl methyl sites for hydroxylation is 1. The number of hydrogen-bond donors (Lipinski definition) is 1. The molecule has 3 heterocycles. The molecule has 1 aliphatic heterocycles. The molecule has 2 aromatic rings. The molecule has 90 valence electrons. The van der Waals surface area contributed by atoms with Gasteiger partial charge in [0.15, 0.2) is 5.82 Å². The number of hydrogen-bond acceptors (Lipinski definition) is 4. The van der Waals surface area contributed by atoms with Crippen LogP contribution in [-0.4, -0.2) is 30.9 Å². The van der Waals surface area contributed by atoms with Crippen LogP contribution in [0.2, 0.25) is 0 Å². The van der Waals surface area contributed by atoms with Crippen LogP contribution in [0.5, 0.6) is 0 Å². The topological polar surface area (TPSA) is 60.6 Å². The average Bonchev–Trinajstić information content (AvgIpc) is 3.00. The summed E-state index contributed by atoms with van der Waals surface area (Å²) in [5.74, 6) is 0.824. The summed E-state index contributed by atoms with van der Waals surface area (Å²) < 4.78 is 3.85. The molecule has 0 amide bonds. The van der Waals surface area contributed by atoms with Crippen molar-refractivity contribution >= 4 is 0 Å². The van der Waals surface area contributed by atoms with E-state index in [1.165, 1.54) is 18.5 Å². The summed E-state index contributed by atoms with van der Waals surface area (Å²) in [5, 5.41) is 7.77. The molecule has 1 atom stereocenters. The van der Waals surface area contributed by atoms with Gasteiger partial charge in [0.1, 0.15) is 6.33 Å². The number of rotatable bonds is 3. The van der Waals surface area contributed by atoms with Gasteiger partial charge >= 0.3 is 0 Å². The molecule has 3 rings (SSSR count). The molecular weight excluding hydrogens is 216 g/mol. The van der Waals surface area contributed by atoms with Crippen molar-refractivity contribution in [3.8, 4) is 0 Å². The minimum atomic E-state index is 0.432.